The summed E-state index contributed by atoms with van der Waals surface area (Å²) < 4.78 is 0. The van der Waals surface area contributed by atoms with E-state index in [2.05, 4.69) is 5.32 Å². The van der Waals surface area contributed by atoms with Crippen molar-refractivity contribution in [2.24, 2.45) is 0 Å². The predicted molar refractivity (Wildman–Crippen MR) is 56.0 cm³/mol. The van der Waals surface area contributed by atoms with Crippen LogP contribution in [0.1, 0.15) is 0 Å². The van der Waals surface area contributed by atoms with Crippen molar-refractivity contribution in [3.8, 4) is 5.75 Å². The average Bonchev–Trinajstić information content (AvgIpc) is 2.23. The van der Waals surface area contributed by atoms with Crippen LogP contribution >= 0.6 is 0 Å². The minimum absolute atomic E-state index is 0.261. The normalized spacial score (nSPS) is 9.71. The van der Waals surface area contributed by atoms with Crippen molar-refractivity contribution in [1.82, 2.24) is 5.32 Å². The quantitative estimate of drug-likeness (QED) is 0.765. The van der Waals surface area contributed by atoms with Crippen LogP contribution in [-0.2, 0) is 0 Å². The first-order valence-electron chi connectivity index (χ1n) is 4.40. The van der Waals surface area contributed by atoms with Gasteiger partial charge in [0.2, 0.25) is 0 Å². The molecule has 2 nitrogen and oxygen atoms in total. The number of phenols is 1. The number of rotatable bonds is 2. The summed E-state index contributed by atoms with van der Waals surface area (Å²) in [5.41, 5.74) is 1.76. The minimum Gasteiger partial charge on any atom is -0.508 e. The number of aromatic hydroxyl groups is 1. The van der Waals surface area contributed by atoms with Gasteiger partial charge in [-0.25, -0.2) is 5.32 Å². The molecule has 0 bridgehead atoms. The van der Waals surface area contributed by atoms with Crippen molar-refractivity contribution in [3.05, 3.63) is 54.6 Å². The molecule has 1 N–H and O–H groups in total. The molecule has 1 radical (unpaired) electrons. The predicted octanol–water partition coefficient (Wildman–Crippen LogP) is 2.96. The van der Waals surface area contributed by atoms with E-state index in [0.29, 0.717) is 0 Å². The Morgan fingerprint density at radius 3 is 1.93 bits per heavy atom. The second kappa shape index (κ2) is 3.83. The van der Waals surface area contributed by atoms with Crippen LogP contribution in [0.3, 0.4) is 0 Å². The molecule has 0 heterocycles. The third-order valence-electron chi connectivity index (χ3n) is 1.86. The van der Waals surface area contributed by atoms with E-state index in [4.69, 9.17) is 5.11 Å². The molecule has 0 atom stereocenters. The van der Waals surface area contributed by atoms with Gasteiger partial charge in [0.15, 0.2) is 0 Å². The summed E-state index contributed by atoms with van der Waals surface area (Å²) in [7, 11) is 0. The molecule has 0 amide bonds. The molecule has 0 aliphatic carbocycles. The SMILES string of the molecule is Oc1ccc([N]c2ccccc2)cc1. The zero-order valence-corrected chi connectivity index (χ0v) is 7.59. The number of hydrogen-bond acceptors (Lipinski definition) is 1. The summed E-state index contributed by atoms with van der Waals surface area (Å²) in [6, 6.07) is 16.5. The first-order chi connectivity index (χ1) is 6.84. The minimum atomic E-state index is 0.261. The first-order valence-corrected chi connectivity index (χ1v) is 4.40. The van der Waals surface area contributed by atoms with Gasteiger partial charge in [-0.3, -0.25) is 0 Å². The molecule has 2 aromatic carbocycles. The fourth-order valence-electron chi connectivity index (χ4n) is 1.18. The maximum absolute atomic E-state index is 9.08. The van der Waals surface area contributed by atoms with Gasteiger partial charge in [-0.1, -0.05) is 18.2 Å². The molecule has 14 heavy (non-hydrogen) atoms. The van der Waals surface area contributed by atoms with Crippen LogP contribution in [0.25, 0.3) is 0 Å². The number of phenolic OH excluding ortho intramolecular Hbond substituents is 1. The fraction of sp³-hybridized carbons (Fsp3) is 0. The molecule has 69 valence electrons. The van der Waals surface area contributed by atoms with Crippen molar-refractivity contribution < 1.29 is 5.11 Å². The van der Waals surface area contributed by atoms with Gasteiger partial charge in [-0.15, -0.1) is 0 Å². The van der Waals surface area contributed by atoms with E-state index < -0.39 is 0 Å². The monoisotopic (exact) mass is 184 g/mol. The number of para-hydroxylation sites is 1. The summed E-state index contributed by atoms with van der Waals surface area (Å²) >= 11 is 0. The van der Waals surface area contributed by atoms with E-state index in [1.807, 2.05) is 30.3 Å². The molecular weight excluding hydrogens is 174 g/mol. The van der Waals surface area contributed by atoms with Gasteiger partial charge < -0.3 is 5.11 Å². The van der Waals surface area contributed by atoms with Crippen LogP contribution in [0.5, 0.6) is 5.75 Å². The smallest absolute Gasteiger partial charge is 0.115 e. The van der Waals surface area contributed by atoms with E-state index in [9.17, 15) is 0 Å². The topological polar surface area (TPSA) is 34.3 Å². The second-order valence-electron chi connectivity index (χ2n) is 2.96. The molecule has 0 fully saturated rings. The van der Waals surface area contributed by atoms with Gasteiger partial charge in [-0.2, -0.15) is 0 Å². The van der Waals surface area contributed by atoms with E-state index >= 15 is 0 Å². The molecule has 2 rings (SSSR count). The highest BCUT2D eigenvalue weighted by atomic mass is 16.3. The molecule has 0 aliphatic rings. The highest BCUT2D eigenvalue weighted by Gasteiger charge is 1.95. The van der Waals surface area contributed by atoms with Crippen molar-refractivity contribution in [3.63, 3.8) is 0 Å². The Bertz CT molecular complexity index is 394. The third-order valence-corrected chi connectivity index (χ3v) is 1.86. The van der Waals surface area contributed by atoms with Crippen LogP contribution < -0.4 is 5.32 Å². The van der Waals surface area contributed by atoms with E-state index in [1.165, 1.54) is 0 Å². The summed E-state index contributed by atoms with van der Waals surface area (Å²) in [4.78, 5) is 0. The molecule has 0 unspecified atom stereocenters. The standard InChI is InChI=1S/C12H10NO/c14-12-8-6-11(7-9-12)13-10-4-2-1-3-5-10/h1-9,14H. The maximum atomic E-state index is 9.08. The largest absolute Gasteiger partial charge is 0.508 e. The zero-order chi connectivity index (χ0) is 9.80. The number of benzene rings is 2. The molecule has 0 aromatic heterocycles. The Kier molecular flexibility index (Phi) is 2.36. The van der Waals surface area contributed by atoms with Gasteiger partial charge in [0.05, 0.1) is 11.4 Å². The lowest BCUT2D eigenvalue weighted by molar-refractivity contribution is 0.475. The molecule has 0 saturated heterocycles. The Morgan fingerprint density at radius 1 is 0.714 bits per heavy atom. The Morgan fingerprint density at radius 2 is 1.29 bits per heavy atom. The zero-order valence-electron chi connectivity index (χ0n) is 7.59. The van der Waals surface area contributed by atoms with Crippen molar-refractivity contribution in [2.45, 2.75) is 0 Å². The summed E-state index contributed by atoms with van der Waals surface area (Å²) in [5.74, 6) is 0.261. The lowest BCUT2D eigenvalue weighted by Crippen LogP contribution is -1.86. The van der Waals surface area contributed by atoms with Gasteiger partial charge >= 0.3 is 0 Å². The molecule has 0 spiro atoms. The number of hydrogen-bond donors (Lipinski definition) is 1. The molecule has 0 aliphatic heterocycles. The lowest BCUT2D eigenvalue weighted by atomic mass is 10.2. The Hall–Kier alpha value is -1.96. The van der Waals surface area contributed by atoms with Crippen LogP contribution in [0.2, 0.25) is 0 Å². The highest BCUT2D eigenvalue weighted by Crippen LogP contribution is 2.18. The fourth-order valence-corrected chi connectivity index (χ4v) is 1.18. The van der Waals surface area contributed by atoms with Crippen molar-refractivity contribution in [2.75, 3.05) is 0 Å². The van der Waals surface area contributed by atoms with Crippen LogP contribution in [0.15, 0.2) is 54.6 Å². The molecule has 2 aromatic rings. The third kappa shape index (κ3) is 2.04. The van der Waals surface area contributed by atoms with Crippen molar-refractivity contribution in [1.29, 1.82) is 0 Å². The van der Waals surface area contributed by atoms with Crippen LogP contribution in [-0.4, -0.2) is 5.11 Å². The van der Waals surface area contributed by atoms with E-state index in [1.54, 1.807) is 24.3 Å². The van der Waals surface area contributed by atoms with E-state index in [0.717, 1.165) is 11.4 Å². The van der Waals surface area contributed by atoms with Crippen LogP contribution in [0, 0.1) is 0 Å². The number of nitrogens with zero attached hydrogens (tertiary/aromatic N) is 1. The Balaban J connectivity index is 2.16. The molecule has 2 heteroatoms. The van der Waals surface area contributed by atoms with Gasteiger partial charge in [0, 0.05) is 0 Å². The van der Waals surface area contributed by atoms with Crippen molar-refractivity contribution >= 4 is 11.4 Å². The van der Waals surface area contributed by atoms with Gasteiger partial charge in [0.25, 0.3) is 0 Å². The molecule has 0 saturated carbocycles. The average molecular weight is 184 g/mol. The summed E-state index contributed by atoms with van der Waals surface area (Å²) in [5, 5.41) is 13.5. The molecular formula is C12H10NO. The first kappa shape index (κ1) is 8.63. The van der Waals surface area contributed by atoms with Gasteiger partial charge in [0.1, 0.15) is 5.75 Å². The summed E-state index contributed by atoms with van der Waals surface area (Å²) in [6.07, 6.45) is 0. The highest BCUT2D eigenvalue weighted by molar-refractivity contribution is 5.49. The van der Waals surface area contributed by atoms with Gasteiger partial charge in [-0.05, 0) is 36.4 Å². The van der Waals surface area contributed by atoms with Crippen LogP contribution in [0.4, 0.5) is 11.4 Å². The summed E-state index contributed by atoms with van der Waals surface area (Å²) in [6.45, 7) is 0. The Labute approximate surface area is 82.8 Å². The second-order valence-corrected chi connectivity index (χ2v) is 2.96. The lowest BCUT2D eigenvalue weighted by Gasteiger charge is -2.01. The van der Waals surface area contributed by atoms with E-state index in [-0.39, 0.29) is 5.75 Å². The maximum Gasteiger partial charge on any atom is 0.115 e.